The van der Waals surface area contributed by atoms with Crippen molar-refractivity contribution in [3.63, 3.8) is 0 Å². The molecule has 0 fully saturated rings. The van der Waals surface area contributed by atoms with Crippen LogP contribution < -0.4 is 5.32 Å². The van der Waals surface area contributed by atoms with Gasteiger partial charge in [-0.2, -0.15) is 0 Å². The Morgan fingerprint density at radius 2 is 1.96 bits per heavy atom. The minimum atomic E-state index is -0.983. The van der Waals surface area contributed by atoms with Crippen molar-refractivity contribution < 1.29 is 15.0 Å². The second kappa shape index (κ2) is 6.04. The fourth-order valence-electron chi connectivity index (χ4n) is 2.47. The molecular weight excluding hydrogens is 304 g/mol. The zero-order valence-corrected chi connectivity index (χ0v) is 13.1. The van der Waals surface area contributed by atoms with Crippen LogP contribution in [0.1, 0.15) is 27.0 Å². The Kier molecular flexibility index (Phi) is 3.92. The Morgan fingerprint density at radius 3 is 2.67 bits per heavy atom. The first-order valence-corrected chi connectivity index (χ1v) is 7.34. The van der Waals surface area contributed by atoms with E-state index in [4.69, 9.17) is 5.11 Å². The lowest BCUT2D eigenvalue weighted by atomic mass is 10.0. The highest BCUT2D eigenvalue weighted by atomic mass is 16.4. The number of rotatable bonds is 3. The second-order valence-electron chi connectivity index (χ2n) is 5.51. The van der Waals surface area contributed by atoms with Crippen LogP contribution >= 0.6 is 0 Å². The Balaban J connectivity index is 2.03. The summed E-state index contributed by atoms with van der Waals surface area (Å²) in [4.78, 5) is 15.5. The summed E-state index contributed by atoms with van der Waals surface area (Å²) in [5.74, 6) is -0.283. The molecule has 0 bridgehead atoms. The van der Waals surface area contributed by atoms with E-state index in [1.165, 1.54) is 6.07 Å². The molecule has 0 aromatic heterocycles. The molecule has 2 aromatic rings. The number of aromatic carboxylic acids is 1. The molecule has 120 valence electrons. The van der Waals surface area contributed by atoms with Crippen molar-refractivity contribution >= 4 is 17.4 Å². The first-order valence-electron chi connectivity index (χ1n) is 7.34. The standard InChI is InChI=1S/C19H16N2O3/c1-11-8-14(6-7-18(11)22)17-10-16(20-12(2)21-17)13-4-3-5-15(9-13)19(23)24/h3-10,21-22H,2H2,1H3,(H,23,24). The van der Waals surface area contributed by atoms with Crippen LogP contribution in [-0.2, 0) is 0 Å². The van der Waals surface area contributed by atoms with Crippen LogP contribution in [0.15, 0.2) is 65.9 Å². The maximum atomic E-state index is 11.1. The summed E-state index contributed by atoms with van der Waals surface area (Å²) in [6.07, 6.45) is 1.83. The smallest absolute Gasteiger partial charge is 0.335 e. The van der Waals surface area contributed by atoms with Crippen LogP contribution in [0, 0.1) is 6.92 Å². The zero-order valence-electron chi connectivity index (χ0n) is 13.1. The second-order valence-corrected chi connectivity index (χ2v) is 5.51. The summed E-state index contributed by atoms with van der Waals surface area (Å²) >= 11 is 0. The van der Waals surface area contributed by atoms with Crippen molar-refractivity contribution in [2.45, 2.75) is 6.92 Å². The number of aliphatic imine (C=N–C) groups is 1. The Labute approximate surface area is 139 Å². The van der Waals surface area contributed by atoms with E-state index in [2.05, 4.69) is 16.9 Å². The minimum Gasteiger partial charge on any atom is -0.508 e. The van der Waals surface area contributed by atoms with Crippen molar-refractivity contribution in [3.05, 3.63) is 83.2 Å². The number of hydrogen-bond acceptors (Lipinski definition) is 4. The average Bonchev–Trinajstić information content (AvgIpc) is 2.57. The number of allylic oxidation sites excluding steroid dienone is 1. The quantitative estimate of drug-likeness (QED) is 0.810. The van der Waals surface area contributed by atoms with Gasteiger partial charge >= 0.3 is 5.97 Å². The molecule has 1 aliphatic rings. The number of carbonyl (C=O) groups is 1. The van der Waals surface area contributed by atoms with Gasteiger partial charge in [0.1, 0.15) is 11.6 Å². The Hall–Kier alpha value is -3.34. The number of phenols is 1. The minimum absolute atomic E-state index is 0.203. The molecule has 5 nitrogen and oxygen atoms in total. The molecule has 0 atom stereocenters. The number of nitrogens with zero attached hydrogens (tertiary/aromatic N) is 1. The van der Waals surface area contributed by atoms with Gasteiger partial charge in [-0.1, -0.05) is 18.7 Å². The third kappa shape index (κ3) is 3.05. The van der Waals surface area contributed by atoms with Crippen LogP contribution in [-0.4, -0.2) is 21.9 Å². The van der Waals surface area contributed by atoms with Gasteiger partial charge in [-0.25, -0.2) is 9.79 Å². The van der Waals surface area contributed by atoms with Gasteiger partial charge in [-0.3, -0.25) is 0 Å². The molecule has 3 N–H and O–H groups in total. The maximum Gasteiger partial charge on any atom is 0.335 e. The highest BCUT2D eigenvalue weighted by Gasteiger charge is 2.14. The fraction of sp³-hybridized carbons (Fsp3) is 0.0526. The maximum absolute atomic E-state index is 11.1. The topological polar surface area (TPSA) is 81.9 Å². The largest absolute Gasteiger partial charge is 0.508 e. The van der Waals surface area contributed by atoms with Crippen molar-refractivity contribution in [1.29, 1.82) is 0 Å². The molecule has 3 rings (SSSR count). The summed E-state index contributed by atoms with van der Waals surface area (Å²) in [5, 5.41) is 21.9. The van der Waals surface area contributed by atoms with Gasteiger partial charge < -0.3 is 15.5 Å². The van der Waals surface area contributed by atoms with Gasteiger partial charge in [0, 0.05) is 11.3 Å². The molecule has 0 saturated carbocycles. The first kappa shape index (κ1) is 15.6. The summed E-state index contributed by atoms with van der Waals surface area (Å²) in [6.45, 7) is 5.68. The summed E-state index contributed by atoms with van der Waals surface area (Å²) in [7, 11) is 0. The van der Waals surface area contributed by atoms with E-state index in [1.807, 2.05) is 19.1 Å². The highest BCUT2D eigenvalue weighted by Crippen LogP contribution is 2.24. The van der Waals surface area contributed by atoms with Crippen LogP contribution in [0.2, 0.25) is 0 Å². The Morgan fingerprint density at radius 1 is 1.17 bits per heavy atom. The fourth-order valence-corrected chi connectivity index (χ4v) is 2.47. The number of aryl methyl sites for hydroxylation is 1. The van der Waals surface area contributed by atoms with Crippen LogP contribution in [0.5, 0.6) is 5.75 Å². The number of benzene rings is 2. The normalized spacial score (nSPS) is 13.8. The lowest BCUT2D eigenvalue weighted by Crippen LogP contribution is -2.18. The number of carboxylic acids is 1. The van der Waals surface area contributed by atoms with Crippen molar-refractivity contribution in [3.8, 4) is 5.75 Å². The zero-order chi connectivity index (χ0) is 17.3. The van der Waals surface area contributed by atoms with E-state index in [0.717, 1.165) is 16.8 Å². The molecule has 0 radical (unpaired) electrons. The third-order valence-electron chi connectivity index (χ3n) is 3.73. The van der Waals surface area contributed by atoms with E-state index in [1.54, 1.807) is 30.3 Å². The molecule has 1 aliphatic heterocycles. The lowest BCUT2D eigenvalue weighted by Gasteiger charge is -2.18. The summed E-state index contributed by atoms with van der Waals surface area (Å²) < 4.78 is 0. The van der Waals surface area contributed by atoms with Crippen LogP contribution in [0.3, 0.4) is 0 Å². The van der Waals surface area contributed by atoms with E-state index >= 15 is 0 Å². The van der Waals surface area contributed by atoms with Crippen molar-refractivity contribution in [2.24, 2.45) is 4.99 Å². The average molecular weight is 320 g/mol. The lowest BCUT2D eigenvalue weighted by molar-refractivity contribution is 0.0697. The van der Waals surface area contributed by atoms with Gasteiger partial charge in [0.15, 0.2) is 0 Å². The van der Waals surface area contributed by atoms with Crippen LogP contribution in [0.4, 0.5) is 0 Å². The van der Waals surface area contributed by atoms with Crippen molar-refractivity contribution in [2.75, 3.05) is 0 Å². The number of aromatic hydroxyl groups is 1. The van der Waals surface area contributed by atoms with Gasteiger partial charge in [-0.15, -0.1) is 0 Å². The molecule has 0 spiro atoms. The van der Waals surface area contributed by atoms with Crippen molar-refractivity contribution in [1.82, 2.24) is 5.32 Å². The molecule has 1 heterocycles. The molecule has 5 heteroatoms. The molecule has 0 aliphatic carbocycles. The van der Waals surface area contributed by atoms with Crippen LogP contribution in [0.25, 0.3) is 5.70 Å². The first-order chi connectivity index (χ1) is 11.4. The number of carboxylic acid groups (broad SMARTS) is 1. The highest BCUT2D eigenvalue weighted by molar-refractivity contribution is 6.14. The van der Waals surface area contributed by atoms with Gasteiger partial charge in [-0.05, 0) is 54.5 Å². The predicted molar refractivity (Wildman–Crippen MR) is 93.0 cm³/mol. The molecule has 0 saturated heterocycles. The number of hydrogen-bond donors (Lipinski definition) is 3. The van der Waals surface area contributed by atoms with E-state index in [0.29, 0.717) is 17.1 Å². The SMILES string of the molecule is C=C1N=C(c2cccc(C(=O)O)c2)C=C(c2ccc(O)c(C)c2)N1. The monoisotopic (exact) mass is 320 g/mol. The third-order valence-corrected chi connectivity index (χ3v) is 3.73. The predicted octanol–water partition coefficient (Wildman–Crippen LogP) is 3.30. The Bertz CT molecular complexity index is 911. The molecule has 24 heavy (non-hydrogen) atoms. The van der Waals surface area contributed by atoms with E-state index < -0.39 is 5.97 Å². The number of nitrogens with one attached hydrogen (secondary N) is 1. The summed E-state index contributed by atoms with van der Waals surface area (Å²) in [5.41, 5.74) is 3.96. The molecule has 0 unspecified atom stereocenters. The molecular formula is C19H16N2O3. The van der Waals surface area contributed by atoms with Gasteiger partial charge in [0.25, 0.3) is 0 Å². The molecule has 2 aromatic carbocycles. The van der Waals surface area contributed by atoms with E-state index in [-0.39, 0.29) is 11.3 Å². The van der Waals surface area contributed by atoms with Gasteiger partial charge in [0.2, 0.25) is 0 Å². The summed E-state index contributed by atoms with van der Waals surface area (Å²) in [6, 6.07) is 11.9. The van der Waals surface area contributed by atoms with Gasteiger partial charge in [0.05, 0.1) is 11.3 Å². The van der Waals surface area contributed by atoms with E-state index in [9.17, 15) is 9.90 Å². The number of phenolic OH excluding ortho intramolecular Hbond substituents is 1. The molecule has 0 amide bonds.